The minimum absolute atomic E-state index is 0.321. The van der Waals surface area contributed by atoms with Crippen LogP contribution in [0, 0.1) is 5.92 Å². The second-order valence-corrected chi connectivity index (χ2v) is 19.5. The fraction of sp³-hybridized carbons (Fsp3) is 0.460. The van der Waals surface area contributed by atoms with Gasteiger partial charge < -0.3 is 25.3 Å². The van der Waals surface area contributed by atoms with Crippen LogP contribution >= 0.6 is 0 Å². The van der Waals surface area contributed by atoms with Crippen LogP contribution in [0.2, 0.25) is 17.5 Å². The molecule has 3 N–H and O–H groups in total. The van der Waals surface area contributed by atoms with E-state index < -0.39 is 0 Å². The molecular weight excluding hydrogens is 723 g/mol. The van der Waals surface area contributed by atoms with E-state index in [0.717, 1.165) is 32.5 Å². The number of benzene rings is 2. The van der Waals surface area contributed by atoms with Crippen LogP contribution in [0.3, 0.4) is 0 Å². The van der Waals surface area contributed by atoms with Gasteiger partial charge in [-0.3, -0.25) is 14.9 Å². The molecule has 6 fully saturated rings. The van der Waals surface area contributed by atoms with Gasteiger partial charge in [-0.15, -0.1) is 0 Å². The van der Waals surface area contributed by atoms with Crippen molar-refractivity contribution in [1.29, 1.82) is 0 Å². The van der Waals surface area contributed by atoms with Gasteiger partial charge in [0.1, 0.15) is 11.6 Å². The lowest BCUT2D eigenvalue weighted by atomic mass is 9.19. The van der Waals surface area contributed by atoms with Crippen molar-refractivity contribution in [2.45, 2.75) is 117 Å². The fourth-order valence-electron chi connectivity index (χ4n) is 15.6. The predicted molar refractivity (Wildman–Crippen MR) is 237 cm³/mol. The zero-order chi connectivity index (χ0) is 38.3. The molecule has 10 aliphatic rings. The second kappa shape index (κ2) is 13.0. The highest BCUT2D eigenvalue weighted by Gasteiger charge is 2.71. The number of pyridine rings is 1. The lowest BCUT2D eigenvalue weighted by Crippen LogP contribution is -2.75. The number of nitrogens with zero attached hydrogens (tertiary/aromatic N) is 5. The molecule has 1 saturated carbocycles. The van der Waals surface area contributed by atoms with Crippen LogP contribution in [-0.4, -0.2) is 77.2 Å². The second-order valence-electron chi connectivity index (χ2n) is 19.5. The summed E-state index contributed by atoms with van der Waals surface area (Å²) in [6.45, 7) is 4.05. The zero-order valence-corrected chi connectivity index (χ0v) is 33.9. The van der Waals surface area contributed by atoms with Crippen molar-refractivity contribution < 1.29 is 0 Å². The summed E-state index contributed by atoms with van der Waals surface area (Å²) in [5, 5.41) is 12.6. The van der Waals surface area contributed by atoms with E-state index in [9.17, 15) is 0 Å². The molecule has 12 unspecified atom stereocenters. The van der Waals surface area contributed by atoms with Crippen LogP contribution in [-0.2, 0) is 6.42 Å². The number of hydrogen-bond donors (Lipinski definition) is 3. The van der Waals surface area contributed by atoms with Crippen LogP contribution < -0.4 is 25.8 Å². The van der Waals surface area contributed by atoms with Crippen molar-refractivity contribution >= 4 is 24.3 Å². The summed E-state index contributed by atoms with van der Waals surface area (Å²) in [4.78, 5) is 14.2. The first-order valence-corrected chi connectivity index (χ1v) is 23.3. The lowest BCUT2D eigenvalue weighted by Gasteiger charge is -2.67. The number of anilines is 2. The summed E-state index contributed by atoms with van der Waals surface area (Å²) < 4.78 is 2.75. The van der Waals surface area contributed by atoms with E-state index >= 15 is 0 Å². The standard InChI is InChI=1S/C50H55BN8/c1-2-10-21-38-33(18-9-1)41-44-46-35(22-26-53-44)51-36-23-27-54-45-42-34-19-13-25-55-48(34)57(32-16-7-4-8-17-32)50(42)59(47(36)45)40-29-30(37-20-11-12-24-52-37)28-39(43(40)51)58(46)49(41)56(38)31-14-5-3-6-15-31/h1-9,11-12,14-18,20,24,30,34-36,39-40,43-48,53-55H,10,13,19,21-23,25-29H2. The number of para-hydroxylation sites is 2. The van der Waals surface area contributed by atoms with Gasteiger partial charge in [0.25, 0.3) is 0 Å². The third kappa shape index (κ3) is 4.59. The monoisotopic (exact) mass is 778 g/mol. The molecule has 2 aliphatic carbocycles. The first-order valence-electron chi connectivity index (χ1n) is 23.3. The highest BCUT2D eigenvalue weighted by molar-refractivity contribution is 6.65. The van der Waals surface area contributed by atoms with Gasteiger partial charge in [0.15, 0.2) is 6.71 Å². The normalized spacial score (nSPS) is 36.9. The van der Waals surface area contributed by atoms with Crippen LogP contribution in [0.25, 0.3) is 11.8 Å². The molecule has 4 aromatic rings. The first-order chi connectivity index (χ1) is 29.3. The highest BCUT2D eigenvalue weighted by Crippen LogP contribution is 2.68. The molecule has 2 aromatic carbocycles. The van der Waals surface area contributed by atoms with E-state index in [-0.39, 0.29) is 0 Å². The third-order valence-electron chi connectivity index (χ3n) is 17.2. The van der Waals surface area contributed by atoms with E-state index in [1.807, 2.05) is 0 Å². The largest absolute Gasteiger partial charge is 0.351 e. The number of piperidine rings is 3. The summed E-state index contributed by atoms with van der Waals surface area (Å²) in [5.41, 5.74) is 10.2. The number of fused-ring (bicyclic) bond motifs is 13. The molecule has 8 nitrogen and oxygen atoms in total. The number of allylic oxidation sites excluding steroid dienone is 3. The number of hydrogen-bond acceptors (Lipinski definition) is 7. The fourth-order valence-corrected chi connectivity index (χ4v) is 15.6. The molecule has 2 aromatic heterocycles. The van der Waals surface area contributed by atoms with Gasteiger partial charge in [0.2, 0.25) is 0 Å². The van der Waals surface area contributed by atoms with Gasteiger partial charge in [-0.25, -0.2) is 0 Å². The highest BCUT2D eigenvalue weighted by atomic mass is 15.5. The molecule has 0 amide bonds. The smallest absolute Gasteiger partial charge is 0.159 e. The van der Waals surface area contributed by atoms with Gasteiger partial charge in [-0.1, -0.05) is 66.8 Å². The average Bonchev–Trinajstić information content (AvgIpc) is 4.00. The molecule has 0 bridgehead atoms. The average molecular weight is 779 g/mol. The van der Waals surface area contributed by atoms with Gasteiger partial charge >= 0.3 is 0 Å². The van der Waals surface area contributed by atoms with Gasteiger partial charge in [0.05, 0.1) is 18.2 Å². The zero-order valence-electron chi connectivity index (χ0n) is 33.9. The van der Waals surface area contributed by atoms with Gasteiger partial charge in [-0.05, 0) is 130 Å². The minimum atomic E-state index is 0.321. The molecule has 59 heavy (non-hydrogen) atoms. The molecule has 10 heterocycles. The maximum atomic E-state index is 5.19. The number of aromatic nitrogens is 2. The lowest BCUT2D eigenvalue weighted by molar-refractivity contribution is 0.0718. The van der Waals surface area contributed by atoms with E-state index in [1.165, 1.54) is 72.7 Å². The third-order valence-corrected chi connectivity index (χ3v) is 17.2. The molecule has 9 heteroatoms. The molecule has 0 spiro atoms. The molecule has 5 saturated heterocycles. The Labute approximate surface area is 348 Å². The minimum Gasteiger partial charge on any atom is -0.351 e. The first kappa shape index (κ1) is 34.2. The Hall–Kier alpha value is -4.57. The Morgan fingerprint density at radius 1 is 0.712 bits per heavy atom. The van der Waals surface area contributed by atoms with E-state index in [4.69, 9.17) is 4.98 Å². The van der Waals surface area contributed by atoms with Crippen molar-refractivity contribution in [2.75, 3.05) is 29.4 Å². The summed E-state index contributed by atoms with van der Waals surface area (Å²) in [5.74, 6) is 5.93. The summed E-state index contributed by atoms with van der Waals surface area (Å²) in [7, 11) is 0. The van der Waals surface area contributed by atoms with E-state index in [1.54, 1.807) is 17.0 Å². The quantitative estimate of drug-likeness (QED) is 0.185. The number of rotatable bonds is 3. The molecule has 14 rings (SSSR count). The summed E-state index contributed by atoms with van der Waals surface area (Å²) >= 11 is 0. The van der Waals surface area contributed by atoms with E-state index in [2.05, 4.69) is 145 Å². The Morgan fingerprint density at radius 2 is 1.46 bits per heavy atom. The van der Waals surface area contributed by atoms with Crippen molar-refractivity contribution in [2.24, 2.45) is 5.92 Å². The topological polar surface area (TPSA) is 63.6 Å². The molecule has 8 aliphatic heterocycles. The van der Waals surface area contributed by atoms with Crippen LogP contribution in [0.1, 0.15) is 79.4 Å². The SMILES string of the molecule is C1=CCCc2c(c3c(n2-c2ccccc2)N2C4CC(c5ccccn5)CC5C4B(C4CCNC6C7=C(N(c8ccccc8)C8NCCCC78)N5C46)C4CCNC3C42)C=C1. The summed E-state index contributed by atoms with van der Waals surface area (Å²) in [6.07, 6.45) is 21.4. The van der Waals surface area contributed by atoms with Crippen LogP contribution in [0.15, 0.2) is 115 Å². The molecule has 298 valence electrons. The maximum Gasteiger partial charge on any atom is 0.159 e. The van der Waals surface area contributed by atoms with E-state index in [0.29, 0.717) is 78.4 Å². The Kier molecular flexibility index (Phi) is 7.51. The molecular formula is C50H55BN8. The van der Waals surface area contributed by atoms with Crippen molar-refractivity contribution in [3.63, 3.8) is 0 Å². The Morgan fingerprint density at radius 3 is 2.25 bits per heavy atom. The molecule has 12 atom stereocenters. The summed E-state index contributed by atoms with van der Waals surface area (Å²) in [6, 6.07) is 32.2. The Balaban J connectivity index is 1.000. The molecule has 0 radical (unpaired) electrons. The van der Waals surface area contributed by atoms with Gasteiger partial charge in [-0.2, -0.15) is 0 Å². The van der Waals surface area contributed by atoms with Crippen molar-refractivity contribution in [3.05, 3.63) is 137 Å². The predicted octanol–water partition coefficient (Wildman–Crippen LogP) is 7.66. The van der Waals surface area contributed by atoms with Crippen LogP contribution in [0.5, 0.6) is 0 Å². The number of nitrogens with one attached hydrogen (secondary N) is 3. The maximum absolute atomic E-state index is 5.19. The van der Waals surface area contributed by atoms with Crippen LogP contribution in [0.4, 0.5) is 11.5 Å². The van der Waals surface area contributed by atoms with Crippen molar-refractivity contribution in [1.82, 2.24) is 30.4 Å². The Bertz CT molecular complexity index is 2390. The van der Waals surface area contributed by atoms with Gasteiger partial charge in [0, 0.05) is 76.1 Å². The van der Waals surface area contributed by atoms with Crippen molar-refractivity contribution in [3.8, 4) is 5.69 Å².